The van der Waals surface area contributed by atoms with Crippen LogP contribution in [-0.2, 0) is 9.53 Å². The molecule has 0 aromatic carbocycles. The van der Waals surface area contributed by atoms with Crippen LogP contribution in [0, 0.1) is 5.92 Å². The van der Waals surface area contributed by atoms with Crippen LogP contribution in [-0.4, -0.2) is 72.4 Å². The van der Waals surface area contributed by atoms with Crippen molar-refractivity contribution in [2.24, 2.45) is 5.92 Å². The van der Waals surface area contributed by atoms with Crippen molar-refractivity contribution in [3.05, 3.63) is 0 Å². The van der Waals surface area contributed by atoms with Gasteiger partial charge in [-0.15, -0.1) is 0 Å². The molecule has 1 heterocycles. The third kappa shape index (κ3) is 7.79. The van der Waals surface area contributed by atoms with Gasteiger partial charge in [-0.05, 0) is 32.7 Å². The summed E-state index contributed by atoms with van der Waals surface area (Å²) in [5.41, 5.74) is 0. The molecule has 5 nitrogen and oxygen atoms in total. The molecule has 1 N–H and O–H groups in total. The smallest absolute Gasteiger partial charge is 0.303 e. The first-order chi connectivity index (χ1) is 9.88. The summed E-state index contributed by atoms with van der Waals surface area (Å²) >= 11 is 0. The van der Waals surface area contributed by atoms with E-state index in [1.807, 2.05) is 0 Å². The molecule has 0 aromatic rings. The third-order valence-electron chi connectivity index (χ3n) is 3.85. The molecule has 0 bridgehead atoms. The van der Waals surface area contributed by atoms with Crippen molar-refractivity contribution < 1.29 is 14.6 Å². The lowest BCUT2D eigenvalue weighted by Crippen LogP contribution is -2.49. The summed E-state index contributed by atoms with van der Waals surface area (Å²) in [6.45, 7) is 14.5. The molecule has 1 aliphatic rings. The highest BCUT2D eigenvalue weighted by molar-refractivity contribution is 5.66. The van der Waals surface area contributed by atoms with Crippen LogP contribution in [0.3, 0.4) is 0 Å². The number of aliphatic carboxylic acids is 1. The number of hydrogen-bond donors (Lipinski definition) is 1. The van der Waals surface area contributed by atoms with Gasteiger partial charge in [0.2, 0.25) is 0 Å². The van der Waals surface area contributed by atoms with Gasteiger partial charge in [-0.3, -0.25) is 14.6 Å². The largest absolute Gasteiger partial charge is 0.481 e. The summed E-state index contributed by atoms with van der Waals surface area (Å²) in [5, 5.41) is 8.76. The van der Waals surface area contributed by atoms with E-state index in [0.717, 1.165) is 39.3 Å². The number of carboxylic acid groups (broad SMARTS) is 1. The predicted molar refractivity (Wildman–Crippen MR) is 84.6 cm³/mol. The molecule has 0 aromatic heterocycles. The highest BCUT2D eigenvalue weighted by Crippen LogP contribution is 2.12. The van der Waals surface area contributed by atoms with Crippen LogP contribution in [0.15, 0.2) is 0 Å². The Balaban J connectivity index is 2.40. The zero-order valence-electron chi connectivity index (χ0n) is 14.0. The number of ether oxygens (including phenoxy) is 1. The lowest BCUT2D eigenvalue weighted by atomic mass is 10.1. The topological polar surface area (TPSA) is 53.0 Å². The van der Waals surface area contributed by atoms with E-state index in [9.17, 15) is 4.79 Å². The van der Waals surface area contributed by atoms with Gasteiger partial charge in [0.1, 0.15) is 0 Å². The Bertz CT molecular complexity index is 308. The maximum atomic E-state index is 10.6. The zero-order chi connectivity index (χ0) is 15.8. The molecule has 1 rings (SSSR count). The van der Waals surface area contributed by atoms with Crippen molar-refractivity contribution >= 4 is 5.97 Å². The number of morpholine rings is 1. The van der Waals surface area contributed by atoms with E-state index < -0.39 is 5.97 Å². The second kappa shape index (κ2) is 9.38. The van der Waals surface area contributed by atoms with Gasteiger partial charge in [0, 0.05) is 38.6 Å². The number of nitrogens with zero attached hydrogens (tertiary/aromatic N) is 2. The molecular formula is C16H32N2O3. The molecule has 0 aliphatic carbocycles. The Kier molecular flexibility index (Phi) is 8.22. The van der Waals surface area contributed by atoms with Gasteiger partial charge >= 0.3 is 5.97 Å². The van der Waals surface area contributed by atoms with Gasteiger partial charge in [-0.2, -0.15) is 0 Å². The lowest BCUT2D eigenvalue weighted by molar-refractivity contribution is -0.137. The summed E-state index contributed by atoms with van der Waals surface area (Å²) in [4.78, 5) is 15.5. The Morgan fingerprint density at radius 2 is 2.10 bits per heavy atom. The lowest BCUT2D eigenvalue weighted by Gasteiger charge is -2.37. The van der Waals surface area contributed by atoms with Gasteiger partial charge in [0.25, 0.3) is 0 Å². The van der Waals surface area contributed by atoms with Gasteiger partial charge in [0.05, 0.1) is 12.7 Å². The van der Waals surface area contributed by atoms with Crippen LogP contribution in [0.5, 0.6) is 0 Å². The van der Waals surface area contributed by atoms with Gasteiger partial charge in [-0.1, -0.05) is 13.8 Å². The minimum absolute atomic E-state index is 0.240. The SMILES string of the molecule is CC(C)CN1CCOC(CN(CCCC(=O)O)C(C)C)C1. The molecule has 1 aliphatic heterocycles. The van der Waals surface area contributed by atoms with Gasteiger partial charge in [-0.25, -0.2) is 0 Å². The monoisotopic (exact) mass is 300 g/mol. The summed E-state index contributed by atoms with van der Waals surface area (Å²) in [7, 11) is 0. The van der Waals surface area contributed by atoms with Crippen LogP contribution in [0.1, 0.15) is 40.5 Å². The number of carboxylic acids is 1. The maximum Gasteiger partial charge on any atom is 0.303 e. The first kappa shape index (κ1) is 18.4. The molecule has 124 valence electrons. The fraction of sp³-hybridized carbons (Fsp3) is 0.938. The molecule has 5 heteroatoms. The first-order valence-corrected chi connectivity index (χ1v) is 8.18. The normalized spacial score (nSPS) is 20.6. The van der Waals surface area contributed by atoms with Crippen molar-refractivity contribution in [1.82, 2.24) is 9.80 Å². The highest BCUT2D eigenvalue weighted by Gasteiger charge is 2.24. The van der Waals surface area contributed by atoms with Crippen LogP contribution < -0.4 is 0 Å². The Morgan fingerprint density at radius 1 is 1.38 bits per heavy atom. The van der Waals surface area contributed by atoms with Crippen LogP contribution in [0.25, 0.3) is 0 Å². The number of rotatable bonds is 9. The zero-order valence-corrected chi connectivity index (χ0v) is 14.0. The molecule has 0 saturated carbocycles. The van der Waals surface area contributed by atoms with Crippen molar-refractivity contribution in [1.29, 1.82) is 0 Å². The van der Waals surface area contributed by atoms with Gasteiger partial charge in [0.15, 0.2) is 0 Å². The third-order valence-corrected chi connectivity index (χ3v) is 3.85. The van der Waals surface area contributed by atoms with E-state index in [2.05, 4.69) is 37.5 Å². The molecular weight excluding hydrogens is 268 g/mol. The molecule has 0 spiro atoms. The molecule has 0 radical (unpaired) electrons. The standard InChI is InChI=1S/C16H32N2O3/c1-13(2)10-17-8-9-21-15(11-17)12-18(14(3)4)7-5-6-16(19)20/h13-15H,5-12H2,1-4H3,(H,19,20). The van der Waals surface area contributed by atoms with Crippen LogP contribution >= 0.6 is 0 Å². The molecule has 1 unspecified atom stereocenters. The molecule has 1 atom stereocenters. The van der Waals surface area contributed by atoms with Crippen molar-refractivity contribution in [3.8, 4) is 0 Å². The second-order valence-electron chi connectivity index (χ2n) is 6.73. The van der Waals surface area contributed by atoms with E-state index in [1.54, 1.807) is 0 Å². The Hall–Kier alpha value is -0.650. The fourth-order valence-electron chi connectivity index (χ4n) is 2.83. The van der Waals surface area contributed by atoms with Crippen LogP contribution in [0.4, 0.5) is 0 Å². The molecule has 21 heavy (non-hydrogen) atoms. The molecule has 1 saturated heterocycles. The predicted octanol–water partition coefficient (Wildman–Crippen LogP) is 1.92. The minimum atomic E-state index is -0.712. The Labute approximate surface area is 129 Å². The maximum absolute atomic E-state index is 10.6. The average molecular weight is 300 g/mol. The quantitative estimate of drug-likeness (QED) is 0.705. The second-order valence-corrected chi connectivity index (χ2v) is 6.73. The van der Waals surface area contributed by atoms with E-state index >= 15 is 0 Å². The Morgan fingerprint density at radius 3 is 2.67 bits per heavy atom. The highest BCUT2D eigenvalue weighted by atomic mass is 16.5. The van der Waals surface area contributed by atoms with Crippen molar-refractivity contribution in [3.63, 3.8) is 0 Å². The van der Waals surface area contributed by atoms with Gasteiger partial charge < -0.3 is 9.84 Å². The number of hydrogen-bond acceptors (Lipinski definition) is 4. The van der Waals surface area contributed by atoms with E-state index in [0.29, 0.717) is 18.4 Å². The summed E-state index contributed by atoms with van der Waals surface area (Å²) < 4.78 is 5.90. The first-order valence-electron chi connectivity index (χ1n) is 8.18. The van der Waals surface area contributed by atoms with E-state index in [1.165, 1.54) is 0 Å². The van der Waals surface area contributed by atoms with Crippen LogP contribution in [0.2, 0.25) is 0 Å². The fourth-order valence-corrected chi connectivity index (χ4v) is 2.83. The minimum Gasteiger partial charge on any atom is -0.481 e. The van der Waals surface area contributed by atoms with E-state index in [4.69, 9.17) is 9.84 Å². The summed E-state index contributed by atoms with van der Waals surface area (Å²) in [5.74, 6) is -0.0313. The molecule has 1 fully saturated rings. The van der Waals surface area contributed by atoms with Crippen molar-refractivity contribution in [2.75, 3.05) is 39.3 Å². The van der Waals surface area contributed by atoms with E-state index in [-0.39, 0.29) is 12.5 Å². The summed E-state index contributed by atoms with van der Waals surface area (Å²) in [6.07, 6.45) is 1.19. The average Bonchev–Trinajstić information content (AvgIpc) is 2.36. The number of carbonyl (C=O) groups is 1. The molecule has 0 amide bonds. The van der Waals surface area contributed by atoms with Crippen molar-refractivity contribution in [2.45, 2.75) is 52.7 Å². The summed E-state index contributed by atoms with van der Waals surface area (Å²) in [6, 6.07) is 0.419.